The van der Waals surface area contributed by atoms with Crippen LogP contribution in [0.1, 0.15) is 27.2 Å². The molecule has 0 radical (unpaired) electrons. The molecule has 1 N–H and O–H groups in total. The van der Waals surface area contributed by atoms with Crippen molar-refractivity contribution in [2.24, 2.45) is 0 Å². The number of rotatable bonds is 5. The Kier molecular flexibility index (Phi) is 5.36. The van der Waals surface area contributed by atoms with Crippen molar-refractivity contribution in [2.45, 2.75) is 25.4 Å². The van der Waals surface area contributed by atoms with E-state index < -0.39 is 0 Å². The quantitative estimate of drug-likeness (QED) is 0.493. The summed E-state index contributed by atoms with van der Waals surface area (Å²) in [5.74, 6) is -0.118. The number of aromatic nitrogens is 3. The molecule has 0 aliphatic carbocycles. The number of nitrogens with zero attached hydrogens (tertiary/aromatic N) is 3. The highest BCUT2D eigenvalue weighted by Gasteiger charge is 2.17. The minimum atomic E-state index is -0.118. The molecule has 0 aliphatic rings. The molecule has 4 aromatic rings. The summed E-state index contributed by atoms with van der Waals surface area (Å²) in [6.45, 7) is 4.52. The third kappa shape index (κ3) is 3.89. The maximum Gasteiger partial charge on any atom is 0.251 e. The minimum absolute atomic E-state index is 0.118. The Bertz CT molecular complexity index is 1180. The summed E-state index contributed by atoms with van der Waals surface area (Å²) < 4.78 is 1.83. The first-order valence-corrected chi connectivity index (χ1v) is 10.6. The molecule has 0 aliphatic heterocycles. The zero-order valence-electron chi connectivity index (χ0n) is 16.6. The van der Waals surface area contributed by atoms with Gasteiger partial charge in [0, 0.05) is 11.1 Å². The number of carbonyl (C=O) groups excluding carboxylic acids is 1. The molecule has 0 fully saturated rings. The van der Waals surface area contributed by atoms with Gasteiger partial charge in [-0.1, -0.05) is 30.3 Å². The number of nitrogens with one attached hydrogen (secondary N) is 1. The normalized spacial score (nSPS) is 11.0. The summed E-state index contributed by atoms with van der Waals surface area (Å²) in [4.78, 5) is 17.4. The lowest BCUT2D eigenvalue weighted by molar-refractivity contribution is 0.0950. The first-order chi connectivity index (χ1) is 14.1. The van der Waals surface area contributed by atoms with E-state index in [2.05, 4.69) is 37.4 Å². The molecule has 0 atom stereocenters. The van der Waals surface area contributed by atoms with Gasteiger partial charge in [0.2, 0.25) is 0 Å². The average molecular weight is 403 g/mol. The number of thioether (sulfide) groups is 1. The lowest BCUT2D eigenvalue weighted by Gasteiger charge is -2.09. The SMILES string of the molecule is CSc1ccc2nc(-c3ccc(C)c(C)c3)c(CNC(=O)c3ccccc3)n2n1. The number of carbonyl (C=O) groups is 1. The van der Waals surface area contributed by atoms with Crippen LogP contribution in [0, 0.1) is 13.8 Å². The zero-order valence-corrected chi connectivity index (χ0v) is 17.5. The van der Waals surface area contributed by atoms with Gasteiger partial charge in [-0.2, -0.15) is 5.10 Å². The molecule has 2 aromatic heterocycles. The van der Waals surface area contributed by atoms with Crippen LogP contribution in [0.2, 0.25) is 0 Å². The number of fused-ring (bicyclic) bond motifs is 1. The highest BCUT2D eigenvalue weighted by Crippen LogP contribution is 2.27. The fourth-order valence-electron chi connectivity index (χ4n) is 3.21. The van der Waals surface area contributed by atoms with E-state index in [1.54, 1.807) is 23.9 Å². The molecular weight excluding hydrogens is 380 g/mol. The van der Waals surface area contributed by atoms with Gasteiger partial charge in [0.15, 0.2) is 5.65 Å². The second-order valence-electron chi connectivity index (χ2n) is 6.90. The second-order valence-corrected chi connectivity index (χ2v) is 7.73. The fraction of sp³-hybridized carbons (Fsp3) is 0.174. The molecule has 1 amide bonds. The lowest BCUT2D eigenvalue weighted by atomic mass is 10.0. The van der Waals surface area contributed by atoms with Crippen LogP contribution in [0.3, 0.4) is 0 Å². The first kappa shape index (κ1) is 19.2. The van der Waals surface area contributed by atoms with E-state index in [0.717, 1.165) is 27.6 Å². The van der Waals surface area contributed by atoms with Gasteiger partial charge in [0.25, 0.3) is 5.91 Å². The summed E-state index contributed by atoms with van der Waals surface area (Å²) in [6.07, 6.45) is 1.99. The molecule has 6 heteroatoms. The standard InChI is InChI=1S/C23H22N4OS/c1-15-9-10-18(13-16(15)2)22-19(14-24-23(28)17-7-5-4-6-8-17)27-20(25-22)11-12-21(26-27)29-3/h4-13H,14H2,1-3H3,(H,24,28). The largest absolute Gasteiger partial charge is 0.346 e. The van der Waals surface area contributed by atoms with E-state index in [4.69, 9.17) is 10.1 Å². The van der Waals surface area contributed by atoms with E-state index in [9.17, 15) is 4.79 Å². The van der Waals surface area contributed by atoms with Gasteiger partial charge in [-0.05, 0) is 61.6 Å². The summed E-state index contributed by atoms with van der Waals surface area (Å²) in [5, 5.41) is 8.62. The van der Waals surface area contributed by atoms with Gasteiger partial charge in [0.1, 0.15) is 5.03 Å². The van der Waals surface area contributed by atoms with Gasteiger partial charge >= 0.3 is 0 Å². The third-order valence-corrected chi connectivity index (χ3v) is 5.62. The predicted molar refractivity (Wildman–Crippen MR) is 117 cm³/mol. The van der Waals surface area contributed by atoms with Crippen LogP contribution in [-0.2, 0) is 6.54 Å². The third-order valence-electron chi connectivity index (χ3n) is 4.99. The topological polar surface area (TPSA) is 59.3 Å². The summed E-state index contributed by atoms with van der Waals surface area (Å²) in [5.41, 5.74) is 6.56. The average Bonchev–Trinajstić information content (AvgIpc) is 3.12. The predicted octanol–water partition coefficient (Wildman–Crippen LogP) is 4.67. The molecule has 0 spiro atoms. The van der Waals surface area contributed by atoms with Crippen LogP contribution in [0.25, 0.3) is 16.9 Å². The Morgan fingerprint density at radius 1 is 1.03 bits per heavy atom. The summed E-state index contributed by atoms with van der Waals surface area (Å²) >= 11 is 1.58. The van der Waals surface area contributed by atoms with Gasteiger partial charge in [0.05, 0.1) is 17.9 Å². The molecule has 29 heavy (non-hydrogen) atoms. The van der Waals surface area contributed by atoms with Crippen molar-refractivity contribution < 1.29 is 4.79 Å². The molecule has 0 unspecified atom stereocenters. The van der Waals surface area contributed by atoms with E-state index >= 15 is 0 Å². The molecule has 0 saturated carbocycles. The van der Waals surface area contributed by atoms with E-state index in [1.807, 2.05) is 41.1 Å². The molecular formula is C23H22N4OS. The Morgan fingerprint density at radius 3 is 2.55 bits per heavy atom. The Morgan fingerprint density at radius 2 is 1.83 bits per heavy atom. The lowest BCUT2D eigenvalue weighted by Crippen LogP contribution is -2.24. The monoisotopic (exact) mass is 402 g/mol. The fourth-order valence-corrected chi connectivity index (χ4v) is 3.57. The van der Waals surface area contributed by atoms with E-state index in [1.165, 1.54) is 11.1 Å². The molecule has 2 heterocycles. The second kappa shape index (κ2) is 8.09. The van der Waals surface area contributed by atoms with Crippen molar-refractivity contribution in [1.29, 1.82) is 0 Å². The van der Waals surface area contributed by atoms with Gasteiger partial charge < -0.3 is 5.32 Å². The summed E-state index contributed by atoms with van der Waals surface area (Å²) in [7, 11) is 0. The van der Waals surface area contributed by atoms with Crippen molar-refractivity contribution in [3.8, 4) is 11.3 Å². The van der Waals surface area contributed by atoms with Crippen molar-refractivity contribution in [3.63, 3.8) is 0 Å². The molecule has 4 rings (SSSR count). The highest BCUT2D eigenvalue weighted by atomic mass is 32.2. The van der Waals surface area contributed by atoms with Crippen LogP contribution in [0.5, 0.6) is 0 Å². The Balaban J connectivity index is 1.76. The number of amides is 1. The Labute approximate surface area is 174 Å². The van der Waals surface area contributed by atoms with Crippen LogP contribution in [0.4, 0.5) is 0 Å². The highest BCUT2D eigenvalue weighted by molar-refractivity contribution is 7.98. The number of hydrogen-bond acceptors (Lipinski definition) is 4. The molecule has 0 bridgehead atoms. The van der Waals surface area contributed by atoms with Crippen molar-refractivity contribution in [2.75, 3.05) is 6.26 Å². The van der Waals surface area contributed by atoms with Gasteiger partial charge in [-0.15, -0.1) is 11.8 Å². The number of imidazole rings is 1. The maximum atomic E-state index is 12.6. The van der Waals surface area contributed by atoms with Crippen LogP contribution in [0.15, 0.2) is 65.7 Å². The van der Waals surface area contributed by atoms with Crippen LogP contribution < -0.4 is 5.32 Å². The van der Waals surface area contributed by atoms with E-state index in [-0.39, 0.29) is 5.91 Å². The smallest absolute Gasteiger partial charge is 0.251 e. The van der Waals surface area contributed by atoms with E-state index in [0.29, 0.717) is 12.1 Å². The van der Waals surface area contributed by atoms with Gasteiger partial charge in [-0.3, -0.25) is 4.79 Å². The first-order valence-electron chi connectivity index (χ1n) is 9.40. The summed E-state index contributed by atoms with van der Waals surface area (Å²) in [6, 6.07) is 19.4. The minimum Gasteiger partial charge on any atom is -0.346 e. The number of hydrogen-bond donors (Lipinski definition) is 1. The maximum absolute atomic E-state index is 12.6. The molecule has 146 valence electrons. The zero-order chi connectivity index (χ0) is 20.4. The Hall–Kier alpha value is -3.12. The number of aryl methyl sites for hydroxylation is 2. The molecule has 5 nitrogen and oxygen atoms in total. The van der Waals surface area contributed by atoms with Crippen LogP contribution >= 0.6 is 11.8 Å². The van der Waals surface area contributed by atoms with Crippen molar-refractivity contribution in [1.82, 2.24) is 19.9 Å². The van der Waals surface area contributed by atoms with Crippen molar-refractivity contribution in [3.05, 3.63) is 83.0 Å². The molecule has 0 saturated heterocycles. The number of benzene rings is 2. The molecule has 2 aromatic carbocycles. The van der Waals surface area contributed by atoms with Crippen molar-refractivity contribution >= 4 is 23.3 Å². The van der Waals surface area contributed by atoms with Crippen LogP contribution in [-0.4, -0.2) is 26.8 Å². The van der Waals surface area contributed by atoms with Gasteiger partial charge in [-0.25, -0.2) is 9.50 Å².